The Bertz CT molecular complexity index is 527. The molecule has 0 fully saturated rings. The van der Waals surface area contributed by atoms with E-state index in [0.717, 1.165) is 19.1 Å². The SMILES string of the molecule is CC1(C(=O)C=[N+]=[N-])CC=C(c2ccccc2)CC1. The summed E-state index contributed by atoms with van der Waals surface area (Å²) in [7, 11) is 0. The van der Waals surface area contributed by atoms with E-state index >= 15 is 0 Å². The van der Waals surface area contributed by atoms with Gasteiger partial charge in [-0.05, 0) is 30.4 Å². The maximum Gasteiger partial charge on any atom is 0.323 e. The van der Waals surface area contributed by atoms with E-state index in [1.165, 1.54) is 11.1 Å². The van der Waals surface area contributed by atoms with E-state index in [4.69, 9.17) is 5.53 Å². The molecule has 1 aliphatic rings. The molecule has 1 aromatic carbocycles. The summed E-state index contributed by atoms with van der Waals surface area (Å²) in [5.41, 5.74) is 10.5. The minimum absolute atomic E-state index is 0.103. The topological polar surface area (TPSA) is 53.5 Å². The third kappa shape index (κ3) is 2.47. The third-order valence-electron chi connectivity index (χ3n) is 3.66. The minimum Gasteiger partial charge on any atom is -0.361 e. The van der Waals surface area contributed by atoms with Crippen molar-refractivity contribution in [3.05, 3.63) is 47.5 Å². The molecule has 0 spiro atoms. The van der Waals surface area contributed by atoms with E-state index in [1.807, 2.05) is 25.1 Å². The van der Waals surface area contributed by atoms with Crippen LogP contribution in [0.25, 0.3) is 11.1 Å². The fourth-order valence-corrected chi connectivity index (χ4v) is 2.31. The smallest absolute Gasteiger partial charge is 0.323 e. The number of ketones is 1. The number of rotatable bonds is 3. The van der Waals surface area contributed by atoms with Crippen LogP contribution in [-0.4, -0.2) is 16.8 Å². The lowest BCUT2D eigenvalue weighted by Gasteiger charge is -2.29. The zero-order valence-corrected chi connectivity index (χ0v) is 10.5. The first-order valence-corrected chi connectivity index (χ1v) is 6.12. The number of hydrogen-bond acceptors (Lipinski definition) is 1. The van der Waals surface area contributed by atoms with E-state index in [0.29, 0.717) is 6.42 Å². The molecule has 0 N–H and O–H groups in total. The number of carbonyl (C=O) groups excluding carboxylic acids is 1. The molecule has 92 valence electrons. The first-order chi connectivity index (χ1) is 8.65. The second kappa shape index (κ2) is 5.11. The van der Waals surface area contributed by atoms with E-state index < -0.39 is 5.41 Å². The number of benzene rings is 1. The van der Waals surface area contributed by atoms with Gasteiger partial charge < -0.3 is 5.53 Å². The van der Waals surface area contributed by atoms with E-state index in [-0.39, 0.29) is 5.78 Å². The van der Waals surface area contributed by atoms with Crippen molar-refractivity contribution in [1.29, 1.82) is 0 Å². The molecule has 1 aromatic rings. The molecule has 0 aliphatic heterocycles. The van der Waals surface area contributed by atoms with Gasteiger partial charge in [0.15, 0.2) is 0 Å². The second-order valence-corrected chi connectivity index (χ2v) is 4.97. The van der Waals surface area contributed by atoms with Gasteiger partial charge in [0.2, 0.25) is 5.78 Å². The Morgan fingerprint density at radius 1 is 1.39 bits per heavy atom. The number of hydrogen-bond donors (Lipinski definition) is 0. The monoisotopic (exact) mass is 240 g/mol. The highest BCUT2D eigenvalue weighted by molar-refractivity contribution is 6.27. The van der Waals surface area contributed by atoms with Gasteiger partial charge in [-0.2, -0.15) is 4.79 Å². The van der Waals surface area contributed by atoms with Gasteiger partial charge in [0, 0.05) is 5.41 Å². The summed E-state index contributed by atoms with van der Waals surface area (Å²) in [6.45, 7) is 1.93. The lowest BCUT2D eigenvalue weighted by molar-refractivity contribution is -0.124. The van der Waals surface area contributed by atoms with Crippen molar-refractivity contribution in [3.8, 4) is 0 Å². The summed E-state index contributed by atoms with van der Waals surface area (Å²) in [5.74, 6) is -0.103. The summed E-state index contributed by atoms with van der Waals surface area (Å²) < 4.78 is 0. The Kier molecular flexibility index (Phi) is 3.54. The summed E-state index contributed by atoms with van der Waals surface area (Å²) >= 11 is 0. The van der Waals surface area contributed by atoms with Crippen LogP contribution in [0.5, 0.6) is 0 Å². The molecule has 0 radical (unpaired) electrons. The van der Waals surface area contributed by atoms with Crippen molar-refractivity contribution in [1.82, 2.24) is 0 Å². The molecule has 3 heteroatoms. The normalized spacial score (nSPS) is 22.8. The highest BCUT2D eigenvalue weighted by Gasteiger charge is 2.35. The quantitative estimate of drug-likeness (QED) is 0.455. The molecule has 0 saturated carbocycles. The number of carbonyl (C=O) groups is 1. The molecule has 0 heterocycles. The predicted octanol–water partition coefficient (Wildman–Crippen LogP) is 3.13. The maximum atomic E-state index is 11.8. The predicted molar refractivity (Wildman–Crippen MR) is 71.1 cm³/mol. The summed E-state index contributed by atoms with van der Waals surface area (Å²) in [6, 6.07) is 10.2. The lowest BCUT2D eigenvalue weighted by atomic mass is 9.73. The lowest BCUT2D eigenvalue weighted by Crippen LogP contribution is -2.30. The van der Waals surface area contributed by atoms with Crippen LogP contribution in [-0.2, 0) is 4.79 Å². The van der Waals surface area contributed by atoms with Crippen molar-refractivity contribution in [3.63, 3.8) is 0 Å². The van der Waals surface area contributed by atoms with Crippen molar-refractivity contribution < 1.29 is 9.58 Å². The van der Waals surface area contributed by atoms with E-state index in [9.17, 15) is 4.79 Å². The minimum atomic E-state index is -0.426. The van der Waals surface area contributed by atoms with Crippen molar-refractivity contribution in [2.75, 3.05) is 0 Å². The largest absolute Gasteiger partial charge is 0.361 e. The van der Waals surface area contributed by atoms with Crippen LogP contribution in [0.3, 0.4) is 0 Å². The van der Waals surface area contributed by atoms with Crippen LogP contribution in [0, 0.1) is 5.41 Å². The van der Waals surface area contributed by atoms with Crippen LogP contribution >= 0.6 is 0 Å². The van der Waals surface area contributed by atoms with Crippen LogP contribution in [0.4, 0.5) is 0 Å². The Morgan fingerprint density at radius 2 is 2.11 bits per heavy atom. The molecular weight excluding hydrogens is 224 g/mol. The zero-order valence-electron chi connectivity index (χ0n) is 10.5. The van der Waals surface area contributed by atoms with Gasteiger partial charge in [0.25, 0.3) is 0 Å². The van der Waals surface area contributed by atoms with Crippen molar-refractivity contribution in [2.45, 2.75) is 26.2 Å². The average Bonchev–Trinajstić information content (AvgIpc) is 2.41. The Balaban J connectivity index is 2.18. The molecule has 1 aliphatic carbocycles. The van der Waals surface area contributed by atoms with Crippen molar-refractivity contribution in [2.24, 2.45) is 5.41 Å². The fraction of sp³-hybridized carbons (Fsp3) is 0.333. The molecule has 0 aromatic heterocycles. The van der Waals surface area contributed by atoms with Gasteiger partial charge in [-0.25, -0.2) is 0 Å². The van der Waals surface area contributed by atoms with Crippen LogP contribution in [0.1, 0.15) is 31.7 Å². The zero-order chi connectivity index (χ0) is 13.0. The van der Waals surface area contributed by atoms with Gasteiger partial charge >= 0.3 is 6.21 Å². The molecule has 2 rings (SSSR count). The first kappa shape index (κ1) is 12.5. The van der Waals surface area contributed by atoms with Crippen LogP contribution in [0.2, 0.25) is 0 Å². The first-order valence-electron chi connectivity index (χ1n) is 6.12. The Morgan fingerprint density at radius 3 is 2.67 bits per heavy atom. The molecule has 18 heavy (non-hydrogen) atoms. The number of Topliss-reactive ketones (excluding diaryl/α,β-unsaturated/α-hetero) is 1. The average molecular weight is 240 g/mol. The third-order valence-corrected chi connectivity index (χ3v) is 3.66. The van der Waals surface area contributed by atoms with Crippen molar-refractivity contribution >= 4 is 17.6 Å². The molecule has 0 amide bonds. The Labute approximate surface area is 107 Å². The number of allylic oxidation sites excluding steroid dienone is 2. The van der Waals surface area contributed by atoms with Crippen LogP contribution in [0.15, 0.2) is 36.4 Å². The van der Waals surface area contributed by atoms with Gasteiger partial charge in [-0.1, -0.05) is 43.3 Å². The van der Waals surface area contributed by atoms with E-state index in [1.54, 1.807) is 0 Å². The molecule has 1 atom stereocenters. The van der Waals surface area contributed by atoms with Crippen LogP contribution < -0.4 is 0 Å². The summed E-state index contributed by atoms with van der Waals surface area (Å²) in [5, 5.41) is 0. The summed E-state index contributed by atoms with van der Waals surface area (Å²) in [6.07, 6.45) is 5.51. The van der Waals surface area contributed by atoms with E-state index in [2.05, 4.69) is 23.0 Å². The second-order valence-electron chi connectivity index (χ2n) is 4.97. The van der Waals surface area contributed by atoms with Gasteiger partial charge in [0.05, 0.1) is 0 Å². The number of nitrogens with zero attached hydrogens (tertiary/aromatic N) is 2. The van der Waals surface area contributed by atoms with Gasteiger partial charge in [0.1, 0.15) is 0 Å². The fourth-order valence-electron chi connectivity index (χ4n) is 2.31. The molecule has 3 nitrogen and oxygen atoms in total. The Hall–Kier alpha value is -1.99. The molecular formula is C15H16N2O. The molecule has 1 unspecified atom stereocenters. The molecule has 0 bridgehead atoms. The summed E-state index contributed by atoms with van der Waals surface area (Å²) in [4.78, 5) is 14.7. The molecule has 0 saturated heterocycles. The van der Waals surface area contributed by atoms with Gasteiger partial charge in [-0.3, -0.25) is 4.79 Å². The maximum absolute atomic E-state index is 11.8. The van der Waals surface area contributed by atoms with Gasteiger partial charge in [-0.15, -0.1) is 0 Å². The highest BCUT2D eigenvalue weighted by atomic mass is 16.1. The standard InChI is InChI=1S/C15H16N2O/c1-15(14(18)11-17-16)9-7-13(8-10-15)12-5-3-2-4-6-12/h2-7,11H,8-10H2,1H3. The highest BCUT2D eigenvalue weighted by Crippen LogP contribution is 2.38.